The fourth-order valence-electron chi connectivity index (χ4n) is 2.78. The summed E-state index contributed by atoms with van der Waals surface area (Å²) in [6, 6.07) is 9.02. The van der Waals surface area contributed by atoms with Crippen molar-refractivity contribution in [3.8, 4) is 0 Å². The molecule has 0 radical (unpaired) electrons. The van der Waals surface area contributed by atoms with Crippen LogP contribution in [0.25, 0.3) is 0 Å². The third-order valence-electron chi connectivity index (χ3n) is 4.56. The molecular formula is C18H30ClN5. The maximum Gasteiger partial charge on any atom is 0.191 e. The van der Waals surface area contributed by atoms with Crippen molar-refractivity contribution >= 4 is 23.2 Å². The minimum Gasteiger partial charge on any atom is -0.369 e. The second-order valence-corrected chi connectivity index (χ2v) is 7.07. The van der Waals surface area contributed by atoms with Crippen LogP contribution < -0.4 is 15.5 Å². The number of nitrogens with zero attached hydrogens (tertiary/aromatic N) is 3. The number of nitrogens with one attached hydrogen (secondary N) is 2. The molecule has 1 heterocycles. The first-order valence-corrected chi connectivity index (χ1v) is 9.05. The van der Waals surface area contributed by atoms with Gasteiger partial charge in [-0.3, -0.25) is 4.99 Å². The largest absolute Gasteiger partial charge is 0.369 e. The lowest BCUT2D eigenvalue weighted by Crippen LogP contribution is -2.46. The van der Waals surface area contributed by atoms with Gasteiger partial charge in [-0.05, 0) is 45.5 Å². The van der Waals surface area contributed by atoms with Crippen LogP contribution in [0.1, 0.15) is 20.3 Å². The highest BCUT2D eigenvalue weighted by atomic mass is 35.5. The molecule has 0 aliphatic carbocycles. The average molecular weight is 352 g/mol. The Morgan fingerprint density at radius 3 is 2.92 bits per heavy atom. The predicted octanol–water partition coefficient (Wildman–Crippen LogP) is 2.42. The van der Waals surface area contributed by atoms with E-state index in [0.717, 1.165) is 43.6 Å². The van der Waals surface area contributed by atoms with Crippen molar-refractivity contribution in [3.05, 3.63) is 29.3 Å². The number of halogens is 1. The Hall–Kier alpha value is -1.46. The van der Waals surface area contributed by atoms with Gasteiger partial charge >= 0.3 is 0 Å². The van der Waals surface area contributed by atoms with Crippen LogP contribution in [0.4, 0.5) is 5.69 Å². The standard InChI is InChI=1S/C18H30ClN5/c1-14(2)23(4)11-9-21-18(20-3)22-16-8-10-24(13-16)17-7-5-6-15(19)12-17/h5-7,12,14,16H,8-11,13H2,1-4H3,(H2,20,21,22). The zero-order valence-electron chi connectivity index (χ0n) is 15.2. The van der Waals surface area contributed by atoms with Crippen molar-refractivity contribution in [3.63, 3.8) is 0 Å². The van der Waals surface area contributed by atoms with Crippen molar-refractivity contribution in [2.45, 2.75) is 32.4 Å². The van der Waals surface area contributed by atoms with Gasteiger partial charge in [0, 0.05) is 56.0 Å². The van der Waals surface area contributed by atoms with Crippen molar-refractivity contribution < 1.29 is 0 Å². The Kier molecular flexibility index (Phi) is 7.18. The lowest BCUT2D eigenvalue weighted by atomic mass is 10.2. The van der Waals surface area contributed by atoms with E-state index in [1.54, 1.807) is 0 Å². The van der Waals surface area contributed by atoms with Gasteiger partial charge in [0.2, 0.25) is 0 Å². The molecule has 1 aromatic carbocycles. The fourth-order valence-corrected chi connectivity index (χ4v) is 2.97. The Morgan fingerprint density at radius 1 is 1.46 bits per heavy atom. The molecule has 1 aliphatic heterocycles. The molecule has 0 spiro atoms. The summed E-state index contributed by atoms with van der Waals surface area (Å²) in [4.78, 5) is 9.02. The van der Waals surface area contributed by atoms with Crippen molar-refractivity contribution in [2.24, 2.45) is 4.99 Å². The summed E-state index contributed by atoms with van der Waals surface area (Å²) in [6.45, 7) is 8.29. The SMILES string of the molecule is CN=C(NCCN(C)C(C)C)NC1CCN(c2cccc(Cl)c2)C1. The number of hydrogen-bond acceptors (Lipinski definition) is 3. The van der Waals surface area contributed by atoms with Crippen molar-refractivity contribution in [1.29, 1.82) is 0 Å². The summed E-state index contributed by atoms with van der Waals surface area (Å²) in [6.07, 6.45) is 1.10. The van der Waals surface area contributed by atoms with Crippen LogP contribution >= 0.6 is 11.6 Å². The molecule has 0 saturated carbocycles. The van der Waals surface area contributed by atoms with Crippen LogP contribution in [0, 0.1) is 0 Å². The van der Waals surface area contributed by atoms with E-state index in [-0.39, 0.29) is 0 Å². The number of likely N-dealkylation sites (N-methyl/N-ethyl adjacent to an activating group) is 1. The maximum absolute atomic E-state index is 6.10. The van der Waals surface area contributed by atoms with Gasteiger partial charge in [0.25, 0.3) is 0 Å². The molecule has 1 aliphatic rings. The third kappa shape index (κ3) is 5.56. The second kappa shape index (κ2) is 9.14. The number of aliphatic imine (C=N–C) groups is 1. The second-order valence-electron chi connectivity index (χ2n) is 6.63. The van der Waals surface area contributed by atoms with E-state index in [4.69, 9.17) is 11.6 Å². The summed E-state index contributed by atoms with van der Waals surface area (Å²) in [7, 11) is 3.97. The topological polar surface area (TPSA) is 42.9 Å². The first kappa shape index (κ1) is 18.9. The van der Waals surface area contributed by atoms with Gasteiger partial charge in [0.05, 0.1) is 0 Å². The van der Waals surface area contributed by atoms with Crippen molar-refractivity contribution in [1.82, 2.24) is 15.5 Å². The van der Waals surface area contributed by atoms with Gasteiger partial charge in [-0.25, -0.2) is 0 Å². The number of anilines is 1. The number of hydrogen-bond donors (Lipinski definition) is 2. The Bertz CT molecular complexity index is 546. The number of benzene rings is 1. The summed E-state index contributed by atoms with van der Waals surface area (Å²) in [5.41, 5.74) is 1.19. The molecular weight excluding hydrogens is 322 g/mol. The Balaban J connectivity index is 1.78. The minimum atomic E-state index is 0.401. The van der Waals surface area contributed by atoms with E-state index in [0.29, 0.717) is 12.1 Å². The van der Waals surface area contributed by atoms with Crippen LogP contribution in [-0.2, 0) is 0 Å². The van der Waals surface area contributed by atoms with Crippen LogP contribution in [0.2, 0.25) is 5.02 Å². The normalized spacial score (nSPS) is 18.5. The van der Waals surface area contributed by atoms with Gasteiger partial charge in [-0.1, -0.05) is 17.7 Å². The molecule has 1 aromatic rings. The van der Waals surface area contributed by atoms with Gasteiger partial charge in [-0.2, -0.15) is 0 Å². The molecule has 1 unspecified atom stereocenters. The molecule has 2 N–H and O–H groups in total. The fraction of sp³-hybridized carbons (Fsp3) is 0.611. The first-order valence-electron chi connectivity index (χ1n) is 8.67. The number of guanidine groups is 1. The minimum absolute atomic E-state index is 0.401. The quantitative estimate of drug-likeness (QED) is 0.610. The van der Waals surface area contributed by atoms with E-state index in [9.17, 15) is 0 Å². The monoisotopic (exact) mass is 351 g/mol. The van der Waals surface area contributed by atoms with Crippen LogP contribution in [0.5, 0.6) is 0 Å². The molecule has 1 atom stereocenters. The zero-order chi connectivity index (χ0) is 17.5. The van der Waals surface area contributed by atoms with E-state index in [1.807, 2.05) is 25.2 Å². The summed E-state index contributed by atoms with van der Waals surface area (Å²) in [5.74, 6) is 0.880. The summed E-state index contributed by atoms with van der Waals surface area (Å²) >= 11 is 6.10. The average Bonchev–Trinajstić information content (AvgIpc) is 3.02. The lowest BCUT2D eigenvalue weighted by Gasteiger charge is -2.23. The smallest absolute Gasteiger partial charge is 0.191 e. The molecule has 0 bridgehead atoms. The molecule has 2 rings (SSSR count). The van der Waals surface area contributed by atoms with Gasteiger partial charge in [0.15, 0.2) is 5.96 Å². The highest BCUT2D eigenvalue weighted by Gasteiger charge is 2.23. The molecule has 0 amide bonds. The molecule has 5 nitrogen and oxygen atoms in total. The predicted molar refractivity (Wildman–Crippen MR) is 104 cm³/mol. The lowest BCUT2D eigenvalue weighted by molar-refractivity contribution is 0.278. The third-order valence-corrected chi connectivity index (χ3v) is 4.80. The van der Waals surface area contributed by atoms with E-state index in [2.05, 4.69) is 52.4 Å². The van der Waals surface area contributed by atoms with Gasteiger partial charge in [-0.15, -0.1) is 0 Å². The van der Waals surface area contributed by atoms with Crippen LogP contribution in [0.15, 0.2) is 29.3 Å². The first-order chi connectivity index (χ1) is 11.5. The molecule has 1 saturated heterocycles. The highest BCUT2D eigenvalue weighted by Crippen LogP contribution is 2.23. The molecule has 24 heavy (non-hydrogen) atoms. The van der Waals surface area contributed by atoms with Crippen molar-refractivity contribution in [2.75, 3.05) is 45.2 Å². The van der Waals surface area contributed by atoms with E-state index < -0.39 is 0 Å². The Labute approximate surface area is 151 Å². The maximum atomic E-state index is 6.10. The Morgan fingerprint density at radius 2 is 2.25 bits per heavy atom. The molecule has 6 heteroatoms. The summed E-state index contributed by atoms with van der Waals surface area (Å²) < 4.78 is 0. The highest BCUT2D eigenvalue weighted by molar-refractivity contribution is 6.30. The van der Waals surface area contributed by atoms with E-state index in [1.165, 1.54) is 5.69 Å². The molecule has 1 fully saturated rings. The molecule has 0 aromatic heterocycles. The number of rotatable bonds is 6. The van der Waals surface area contributed by atoms with Gasteiger partial charge < -0.3 is 20.4 Å². The van der Waals surface area contributed by atoms with E-state index >= 15 is 0 Å². The molecule has 134 valence electrons. The van der Waals surface area contributed by atoms with Crippen LogP contribution in [0.3, 0.4) is 0 Å². The van der Waals surface area contributed by atoms with Crippen LogP contribution in [-0.4, -0.2) is 63.2 Å². The zero-order valence-corrected chi connectivity index (χ0v) is 16.0. The van der Waals surface area contributed by atoms with Gasteiger partial charge in [0.1, 0.15) is 0 Å². The summed E-state index contributed by atoms with van der Waals surface area (Å²) in [5, 5.41) is 7.72.